The van der Waals surface area contributed by atoms with E-state index in [1.807, 2.05) is 0 Å². The Morgan fingerprint density at radius 1 is 1.29 bits per heavy atom. The second-order valence-corrected chi connectivity index (χ2v) is 3.75. The van der Waals surface area contributed by atoms with Gasteiger partial charge in [-0.1, -0.05) is 13.8 Å². The summed E-state index contributed by atoms with van der Waals surface area (Å²) in [7, 11) is 1.60. The third-order valence-electron chi connectivity index (χ3n) is 2.70. The third kappa shape index (κ3) is 4.99. The molecule has 1 N–H and O–H groups in total. The van der Waals surface area contributed by atoms with Crippen LogP contribution in [0.4, 0.5) is 5.82 Å². The molecule has 0 spiro atoms. The molecule has 5 heteroatoms. The Morgan fingerprint density at radius 3 is 2.71 bits per heavy atom. The van der Waals surface area contributed by atoms with Gasteiger partial charge in [-0.2, -0.15) is 0 Å². The van der Waals surface area contributed by atoms with E-state index in [0.29, 0.717) is 5.88 Å². The van der Waals surface area contributed by atoms with Gasteiger partial charge in [-0.05, 0) is 26.1 Å². The lowest BCUT2D eigenvalue weighted by molar-refractivity contribution is 0.303. The zero-order valence-corrected chi connectivity index (χ0v) is 10.9. The van der Waals surface area contributed by atoms with Gasteiger partial charge in [-0.15, -0.1) is 0 Å². The summed E-state index contributed by atoms with van der Waals surface area (Å²) in [5.74, 6) is 1.41. The summed E-state index contributed by atoms with van der Waals surface area (Å²) in [6, 6.07) is 1.80. The van der Waals surface area contributed by atoms with Crippen LogP contribution in [0.1, 0.15) is 20.3 Å². The Kier molecular flexibility index (Phi) is 6.32. The number of methoxy groups -OCH3 is 1. The summed E-state index contributed by atoms with van der Waals surface area (Å²) in [6.07, 6.45) is 2.61. The topological polar surface area (TPSA) is 50.3 Å². The van der Waals surface area contributed by atoms with Gasteiger partial charge in [0.1, 0.15) is 12.1 Å². The molecule has 0 saturated carbocycles. The van der Waals surface area contributed by atoms with Gasteiger partial charge in [0.05, 0.1) is 7.11 Å². The van der Waals surface area contributed by atoms with Crippen LogP contribution in [0, 0.1) is 0 Å². The smallest absolute Gasteiger partial charge is 0.218 e. The fourth-order valence-corrected chi connectivity index (χ4v) is 1.61. The van der Waals surface area contributed by atoms with Crippen molar-refractivity contribution in [3.63, 3.8) is 0 Å². The number of nitrogens with one attached hydrogen (secondary N) is 1. The highest BCUT2D eigenvalue weighted by molar-refractivity contribution is 5.36. The zero-order chi connectivity index (χ0) is 12.5. The summed E-state index contributed by atoms with van der Waals surface area (Å²) in [6.45, 7) is 8.62. The van der Waals surface area contributed by atoms with E-state index in [4.69, 9.17) is 4.74 Å². The van der Waals surface area contributed by atoms with E-state index in [1.54, 1.807) is 13.2 Å². The van der Waals surface area contributed by atoms with Crippen LogP contribution >= 0.6 is 0 Å². The molecule has 0 unspecified atom stereocenters. The van der Waals surface area contributed by atoms with Crippen LogP contribution in [0.3, 0.4) is 0 Å². The maximum absolute atomic E-state index is 5.03. The van der Waals surface area contributed by atoms with E-state index >= 15 is 0 Å². The molecule has 0 atom stereocenters. The first-order valence-corrected chi connectivity index (χ1v) is 6.12. The first-order valence-electron chi connectivity index (χ1n) is 6.12. The van der Waals surface area contributed by atoms with Crippen molar-refractivity contribution in [1.29, 1.82) is 0 Å². The number of nitrogens with zero attached hydrogens (tertiary/aromatic N) is 3. The fraction of sp³-hybridized carbons (Fsp3) is 0.667. The van der Waals surface area contributed by atoms with Crippen LogP contribution in [0.25, 0.3) is 0 Å². The highest BCUT2D eigenvalue weighted by Gasteiger charge is 2.00. The molecule has 96 valence electrons. The summed E-state index contributed by atoms with van der Waals surface area (Å²) in [5, 5.41) is 3.27. The fourth-order valence-electron chi connectivity index (χ4n) is 1.61. The van der Waals surface area contributed by atoms with Crippen LogP contribution in [0.15, 0.2) is 12.4 Å². The molecule has 0 amide bonds. The molecule has 0 aliphatic carbocycles. The second kappa shape index (κ2) is 7.84. The van der Waals surface area contributed by atoms with Crippen LogP contribution in [0.2, 0.25) is 0 Å². The van der Waals surface area contributed by atoms with Crippen molar-refractivity contribution < 1.29 is 4.74 Å². The molecule has 0 bridgehead atoms. The zero-order valence-electron chi connectivity index (χ0n) is 10.9. The standard InChI is InChI=1S/C12H22N4O/c1-4-16(5-2)8-6-7-13-11-9-12(17-3)15-10-14-11/h9-10H,4-8H2,1-3H3,(H,13,14,15). The van der Waals surface area contributed by atoms with E-state index in [1.165, 1.54) is 6.33 Å². The van der Waals surface area contributed by atoms with Gasteiger partial charge < -0.3 is 15.0 Å². The molecule has 17 heavy (non-hydrogen) atoms. The number of rotatable bonds is 8. The van der Waals surface area contributed by atoms with Crippen LogP contribution in [0.5, 0.6) is 5.88 Å². The molecule has 1 rings (SSSR count). The Morgan fingerprint density at radius 2 is 2.06 bits per heavy atom. The van der Waals surface area contributed by atoms with Gasteiger partial charge in [-0.3, -0.25) is 0 Å². The number of ether oxygens (including phenoxy) is 1. The molecule has 0 aliphatic rings. The summed E-state index contributed by atoms with van der Waals surface area (Å²) >= 11 is 0. The molecule has 1 heterocycles. The SMILES string of the molecule is CCN(CC)CCCNc1cc(OC)ncn1. The predicted molar refractivity (Wildman–Crippen MR) is 69.5 cm³/mol. The van der Waals surface area contributed by atoms with Gasteiger partial charge in [0.25, 0.3) is 0 Å². The molecule has 0 saturated heterocycles. The molecular formula is C12H22N4O. The number of anilines is 1. The Labute approximate surface area is 103 Å². The average Bonchev–Trinajstić information content (AvgIpc) is 2.39. The number of aromatic nitrogens is 2. The molecule has 0 fully saturated rings. The Bertz CT molecular complexity index is 315. The summed E-state index contributed by atoms with van der Waals surface area (Å²) in [4.78, 5) is 10.5. The summed E-state index contributed by atoms with van der Waals surface area (Å²) < 4.78 is 5.03. The van der Waals surface area contributed by atoms with Crippen molar-refractivity contribution >= 4 is 5.82 Å². The van der Waals surface area contributed by atoms with Crippen molar-refractivity contribution in [2.24, 2.45) is 0 Å². The van der Waals surface area contributed by atoms with Crippen molar-refractivity contribution in [2.75, 3.05) is 38.6 Å². The minimum absolute atomic E-state index is 0.589. The van der Waals surface area contributed by atoms with Crippen LogP contribution < -0.4 is 10.1 Å². The van der Waals surface area contributed by atoms with Gasteiger partial charge >= 0.3 is 0 Å². The molecule has 1 aromatic heterocycles. The number of hydrogen-bond acceptors (Lipinski definition) is 5. The van der Waals surface area contributed by atoms with Crippen molar-refractivity contribution in [1.82, 2.24) is 14.9 Å². The predicted octanol–water partition coefficient (Wildman–Crippen LogP) is 1.63. The molecular weight excluding hydrogens is 216 g/mol. The van der Waals surface area contributed by atoms with Gasteiger partial charge in [0.2, 0.25) is 5.88 Å². The third-order valence-corrected chi connectivity index (χ3v) is 2.70. The molecule has 1 aromatic rings. The van der Waals surface area contributed by atoms with E-state index in [2.05, 4.69) is 34.0 Å². The maximum atomic E-state index is 5.03. The molecule has 0 aliphatic heterocycles. The molecule has 5 nitrogen and oxygen atoms in total. The monoisotopic (exact) mass is 238 g/mol. The van der Waals surface area contributed by atoms with Crippen molar-refractivity contribution in [3.05, 3.63) is 12.4 Å². The number of hydrogen-bond donors (Lipinski definition) is 1. The first-order chi connectivity index (χ1) is 8.30. The highest BCUT2D eigenvalue weighted by atomic mass is 16.5. The first kappa shape index (κ1) is 13.7. The van der Waals surface area contributed by atoms with Gasteiger partial charge in [0.15, 0.2) is 0 Å². The van der Waals surface area contributed by atoms with Gasteiger partial charge in [0, 0.05) is 12.6 Å². The minimum atomic E-state index is 0.589. The van der Waals surface area contributed by atoms with E-state index < -0.39 is 0 Å². The van der Waals surface area contributed by atoms with E-state index in [0.717, 1.165) is 38.4 Å². The second-order valence-electron chi connectivity index (χ2n) is 3.75. The lowest BCUT2D eigenvalue weighted by Crippen LogP contribution is -2.25. The summed E-state index contributed by atoms with van der Waals surface area (Å²) in [5.41, 5.74) is 0. The minimum Gasteiger partial charge on any atom is -0.481 e. The lowest BCUT2D eigenvalue weighted by Gasteiger charge is -2.17. The molecule has 0 radical (unpaired) electrons. The maximum Gasteiger partial charge on any atom is 0.218 e. The normalized spacial score (nSPS) is 10.6. The van der Waals surface area contributed by atoms with Crippen LogP contribution in [-0.2, 0) is 0 Å². The van der Waals surface area contributed by atoms with E-state index in [-0.39, 0.29) is 0 Å². The van der Waals surface area contributed by atoms with Crippen molar-refractivity contribution in [3.8, 4) is 5.88 Å². The quantitative estimate of drug-likeness (QED) is 0.698. The highest BCUT2D eigenvalue weighted by Crippen LogP contribution is 2.09. The Hall–Kier alpha value is -1.36. The van der Waals surface area contributed by atoms with E-state index in [9.17, 15) is 0 Å². The average molecular weight is 238 g/mol. The van der Waals surface area contributed by atoms with Crippen molar-refractivity contribution in [2.45, 2.75) is 20.3 Å². The van der Waals surface area contributed by atoms with Crippen LogP contribution in [-0.4, -0.2) is 48.2 Å². The lowest BCUT2D eigenvalue weighted by atomic mass is 10.3. The Balaban J connectivity index is 2.26. The van der Waals surface area contributed by atoms with Gasteiger partial charge in [-0.25, -0.2) is 9.97 Å². The largest absolute Gasteiger partial charge is 0.481 e. The molecule has 0 aromatic carbocycles.